The molecular formula is C17H21N5O. The van der Waals surface area contributed by atoms with Crippen LogP contribution in [0.4, 0.5) is 5.82 Å². The number of rotatable bonds is 4. The van der Waals surface area contributed by atoms with Crippen molar-refractivity contribution >= 4 is 11.5 Å². The summed E-state index contributed by atoms with van der Waals surface area (Å²) in [5.74, 6) is 2.47. The van der Waals surface area contributed by atoms with E-state index in [1.54, 1.807) is 11.6 Å². The van der Waals surface area contributed by atoms with Gasteiger partial charge in [0.2, 0.25) is 0 Å². The normalized spacial score (nSPS) is 11.7. The number of nitrogens with one attached hydrogen (secondary N) is 1. The molecular weight excluding hydrogens is 290 g/mol. The zero-order valence-corrected chi connectivity index (χ0v) is 13.9. The molecule has 0 amide bonds. The second-order valence-corrected chi connectivity index (χ2v) is 6.43. The first kappa shape index (κ1) is 15.3. The van der Waals surface area contributed by atoms with E-state index in [9.17, 15) is 0 Å². The Morgan fingerprint density at radius 1 is 1.09 bits per heavy atom. The van der Waals surface area contributed by atoms with Crippen LogP contribution in [0, 0.1) is 0 Å². The molecule has 0 aliphatic heterocycles. The molecule has 6 nitrogen and oxygen atoms in total. The van der Waals surface area contributed by atoms with E-state index in [2.05, 4.69) is 41.4 Å². The number of methoxy groups -OCH3 is 1. The van der Waals surface area contributed by atoms with Gasteiger partial charge >= 0.3 is 0 Å². The lowest BCUT2D eigenvalue weighted by Gasteiger charge is -2.15. The number of aromatic nitrogens is 4. The number of fused-ring (bicyclic) bond motifs is 1. The fourth-order valence-corrected chi connectivity index (χ4v) is 2.39. The number of nitrogens with zero attached hydrogens (tertiary/aromatic N) is 4. The van der Waals surface area contributed by atoms with Crippen LogP contribution in [0.5, 0.6) is 5.75 Å². The van der Waals surface area contributed by atoms with Gasteiger partial charge in [-0.25, -0.2) is 0 Å². The third-order valence-corrected chi connectivity index (χ3v) is 3.59. The maximum Gasteiger partial charge on any atom is 0.178 e. The lowest BCUT2D eigenvalue weighted by molar-refractivity contribution is 0.410. The minimum Gasteiger partial charge on any atom is -0.496 e. The van der Waals surface area contributed by atoms with E-state index in [1.165, 1.54) is 0 Å². The molecule has 0 saturated heterocycles. The van der Waals surface area contributed by atoms with Crippen LogP contribution < -0.4 is 10.1 Å². The Hall–Kier alpha value is -2.63. The van der Waals surface area contributed by atoms with Gasteiger partial charge in [0.1, 0.15) is 11.6 Å². The average molecular weight is 311 g/mol. The molecule has 2 aromatic heterocycles. The molecule has 0 spiro atoms. The Kier molecular flexibility index (Phi) is 3.90. The predicted molar refractivity (Wildman–Crippen MR) is 89.8 cm³/mol. The number of ether oxygens (including phenoxy) is 1. The topological polar surface area (TPSA) is 64.3 Å². The molecule has 0 atom stereocenters. The highest BCUT2D eigenvalue weighted by atomic mass is 16.5. The van der Waals surface area contributed by atoms with Gasteiger partial charge < -0.3 is 10.1 Å². The van der Waals surface area contributed by atoms with Gasteiger partial charge in [0.15, 0.2) is 11.5 Å². The highest BCUT2D eigenvalue weighted by Crippen LogP contribution is 2.21. The molecule has 1 aromatic carbocycles. The number of hydrogen-bond acceptors (Lipinski definition) is 5. The van der Waals surface area contributed by atoms with Crippen LogP contribution in [-0.2, 0) is 12.0 Å². The molecule has 0 bridgehead atoms. The first-order chi connectivity index (χ1) is 11.0. The van der Waals surface area contributed by atoms with E-state index < -0.39 is 0 Å². The van der Waals surface area contributed by atoms with E-state index in [4.69, 9.17) is 4.74 Å². The van der Waals surface area contributed by atoms with Gasteiger partial charge in [-0.3, -0.25) is 0 Å². The van der Waals surface area contributed by atoms with Crippen molar-refractivity contribution in [2.75, 3.05) is 12.4 Å². The van der Waals surface area contributed by atoms with Crippen LogP contribution in [0.1, 0.15) is 32.2 Å². The number of para-hydroxylation sites is 1. The molecule has 2 heterocycles. The van der Waals surface area contributed by atoms with Crippen LogP contribution in [0.3, 0.4) is 0 Å². The van der Waals surface area contributed by atoms with Crippen molar-refractivity contribution in [3.05, 3.63) is 47.8 Å². The Morgan fingerprint density at radius 3 is 2.61 bits per heavy atom. The molecule has 3 rings (SSSR count). The maximum atomic E-state index is 5.37. The van der Waals surface area contributed by atoms with Crippen molar-refractivity contribution < 1.29 is 4.74 Å². The molecule has 0 unspecified atom stereocenters. The summed E-state index contributed by atoms with van der Waals surface area (Å²) in [6, 6.07) is 11.8. The molecule has 3 aromatic rings. The van der Waals surface area contributed by atoms with Crippen molar-refractivity contribution in [2.45, 2.75) is 32.7 Å². The predicted octanol–water partition coefficient (Wildman–Crippen LogP) is 3.04. The maximum absolute atomic E-state index is 5.37. The summed E-state index contributed by atoms with van der Waals surface area (Å²) in [6.45, 7) is 6.93. The number of benzene rings is 1. The zero-order chi connectivity index (χ0) is 16.4. The van der Waals surface area contributed by atoms with E-state index in [0.29, 0.717) is 6.54 Å². The fourth-order valence-electron chi connectivity index (χ4n) is 2.39. The van der Waals surface area contributed by atoms with E-state index in [-0.39, 0.29) is 5.41 Å². The van der Waals surface area contributed by atoms with Gasteiger partial charge in [0.05, 0.1) is 7.11 Å². The van der Waals surface area contributed by atoms with Crippen LogP contribution in [0.2, 0.25) is 0 Å². The monoisotopic (exact) mass is 311 g/mol. The van der Waals surface area contributed by atoms with Gasteiger partial charge in [-0.05, 0) is 18.2 Å². The Morgan fingerprint density at radius 2 is 1.87 bits per heavy atom. The summed E-state index contributed by atoms with van der Waals surface area (Å²) in [6.07, 6.45) is 0. The van der Waals surface area contributed by atoms with Crippen LogP contribution in [-0.4, -0.2) is 26.9 Å². The molecule has 0 radical (unpaired) electrons. The van der Waals surface area contributed by atoms with Crippen molar-refractivity contribution in [1.82, 2.24) is 19.8 Å². The summed E-state index contributed by atoms with van der Waals surface area (Å²) >= 11 is 0. The summed E-state index contributed by atoms with van der Waals surface area (Å²) in [4.78, 5) is 0. The second-order valence-electron chi connectivity index (χ2n) is 6.43. The Labute approximate surface area is 135 Å². The van der Waals surface area contributed by atoms with Crippen LogP contribution in [0.25, 0.3) is 5.65 Å². The number of anilines is 1. The smallest absolute Gasteiger partial charge is 0.178 e. The third-order valence-electron chi connectivity index (χ3n) is 3.59. The van der Waals surface area contributed by atoms with Gasteiger partial charge in [0, 0.05) is 17.5 Å². The summed E-state index contributed by atoms with van der Waals surface area (Å²) in [5, 5.41) is 16.4. The lowest BCUT2D eigenvalue weighted by atomic mass is 9.96. The third kappa shape index (κ3) is 3.11. The van der Waals surface area contributed by atoms with Gasteiger partial charge in [-0.2, -0.15) is 4.52 Å². The fraction of sp³-hybridized carbons (Fsp3) is 0.353. The SMILES string of the molecule is COc1ccccc1CNc1ccc2nnc(C(C)(C)C)n2n1. The van der Waals surface area contributed by atoms with E-state index in [0.717, 1.165) is 28.6 Å². The quantitative estimate of drug-likeness (QED) is 0.802. The zero-order valence-electron chi connectivity index (χ0n) is 13.9. The highest BCUT2D eigenvalue weighted by molar-refractivity contribution is 5.45. The summed E-state index contributed by atoms with van der Waals surface area (Å²) in [7, 11) is 1.68. The number of hydrogen-bond donors (Lipinski definition) is 1. The largest absolute Gasteiger partial charge is 0.496 e. The average Bonchev–Trinajstić information content (AvgIpc) is 2.96. The van der Waals surface area contributed by atoms with Crippen LogP contribution in [0.15, 0.2) is 36.4 Å². The van der Waals surface area contributed by atoms with Gasteiger partial charge in [-0.1, -0.05) is 39.0 Å². The van der Waals surface area contributed by atoms with Crippen molar-refractivity contribution in [1.29, 1.82) is 0 Å². The molecule has 0 aliphatic carbocycles. The van der Waals surface area contributed by atoms with Gasteiger partial charge in [-0.15, -0.1) is 15.3 Å². The van der Waals surface area contributed by atoms with Crippen LogP contribution >= 0.6 is 0 Å². The van der Waals surface area contributed by atoms with Gasteiger partial charge in [0.25, 0.3) is 0 Å². The van der Waals surface area contributed by atoms with Crippen molar-refractivity contribution in [3.63, 3.8) is 0 Å². The van der Waals surface area contributed by atoms with Crippen molar-refractivity contribution in [3.8, 4) is 5.75 Å². The minimum absolute atomic E-state index is 0.117. The standard InChI is InChI=1S/C17H21N5O/c1-17(2,3)16-20-19-15-10-9-14(21-22(15)16)18-11-12-7-5-6-8-13(12)23-4/h5-10H,11H2,1-4H3,(H,18,21). The van der Waals surface area contributed by atoms with E-state index >= 15 is 0 Å². The Bertz CT molecular complexity index is 819. The Balaban J connectivity index is 1.86. The molecule has 6 heteroatoms. The molecule has 120 valence electrons. The molecule has 0 fully saturated rings. The molecule has 0 saturated carbocycles. The molecule has 0 aliphatic rings. The second kappa shape index (κ2) is 5.87. The summed E-state index contributed by atoms with van der Waals surface area (Å²) in [5.41, 5.74) is 1.71. The molecule has 1 N–H and O–H groups in total. The summed E-state index contributed by atoms with van der Waals surface area (Å²) < 4.78 is 7.17. The first-order valence-electron chi connectivity index (χ1n) is 7.58. The lowest BCUT2D eigenvalue weighted by Crippen LogP contribution is -2.17. The first-order valence-corrected chi connectivity index (χ1v) is 7.58. The molecule has 23 heavy (non-hydrogen) atoms. The minimum atomic E-state index is -0.117. The highest BCUT2D eigenvalue weighted by Gasteiger charge is 2.21. The van der Waals surface area contributed by atoms with Crippen molar-refractivity contribution in [2.24, 2.45) is 0 Å². The van der Waals surface area contributed by atoms with E-state index in [1.807, 2.05) is 36.4 Å².